The topological polar surface area (TPSA) is 46.2 Å². The van der Waals surface area contributed by atoms with Gasteiger partial charge in [-0.2, -0.15) is 0 Å². The van der Waals surface area contributed by atoms with Crippen LogP contribution in [0.4, 0.5) is 0 Å². The highest BCUT2D eigenvalue weighted by Gasteiger charge is 2.22. The first-order valence-electron chi connectivity index (χ1n) is 6.71. The van der Waals surface area contributed by atoms with Gasteiger partial charge in [-0.05, 0) is 31.7 Å². The first kappa shape index (κ1) is 16.9. The Balaban J connectivity index is 3.99. The van der Waals surface area contributed by atoms with E-state index in [0.717, 1.165) is 19.4 Å². The molecular weight excluding hydrogens is 234 g/mol. The Morgan fingerprint density at radius 3 is 2.18 bits per heavy atom. The summed E-state index contributed by atoms with van der Waals surface area (Å²) >= 11 is 0. The lowest BCUT2D eigenvalue weighted by molar-refractivity contribution is 0.522. The molecule has 0 rings (SSSR count). The fourth-order valence-electron chi connectivity index (χ4n) is 1.50. The molecule has 4 heteroatoms. The van der Waals surface area contributed by atoms with E-state index in [2.05, 4.69) is 19.2 Å². The van der Waals surface area contributed by atoms with Crippen molar-refractivity contribution in [3.8, 4) is 0 Å². The van der Waals surface area contributed by atoms with Gasteiger partial charge in [0.1, 0.15) is 0 Å². The minimum Gasteiger partial charge on any atom is -0.315 e. The van der Waals surface area contributed by atoms with Crippen LogP contribution in [0, 0.1) is 11.8 Å². The molecule has 0 aliphatic carbocycles. The van der Waals surface area contributed by atoms with Crippen LogP contribution in [-0.2, 0) is 9.84 Å². The van der Waals surface area contributed by atoms with Gasteiger partial charge in [-0.1, -0.05) is 34.1 Å². The molecule has 0 spiro atoms. The quantitative estimate of drug-likeness (QED) is 0.650. The normalized spacial score (nSPS) is 16.1. The second-order valence-electron chi connectivity index (χ2n) is 5.54. The van der Waals surface area contributed by atoms with Gasteiger partial charge in [-0.15, -0.1) is 0 Å². The average molecular weight is 263 g/mol. The minimum atomic E-state index is -2.93. The van der Waals surface area contributed by atoms with E-state index < -0.39 is 9.84 Å². The Kier molecular flexibility index (Phi) is 8.05. The van der Waals surface area contributed by atoms with Crippen molar-refractivity contribution in [2.45, 2.75) is 52.7 Å². The molecule has 0 aromatic heterocycles. The third kappa shape index (κ3) is 7.77. The molecule has 0 radical (unpaired) electrons. The molecule has 3 nitrogen and oxygen atoms in total. The van der Waals surface area contributed by atoms with Crippen molar-refractivity contribution in [2.24, 2.45) is 11.8 Å². The molecule has 1 N–H and O–H groups in total. The summed E-state index contributed by atoms with van der Waals surface area (Å²) in [4.78, 5) is 0. The van der Waals surface area contributed by atoms with Gasteiger partial charge in [0.2, 0.25) is 0 Å². The van der Waals surface area contributed by atoms with Crippen molar-refractivity contribution in [3.63, 3.8) is 0 Å². The summed E-state index contributed by atoms with van der Waals surface area (Å²) in [6.45, 7) is 11.7. The molecule has 104 valence electrons. The van der Waals surface area contributed by atoms with E-state index >= 15 is 0 Å². The Morgan fingerprint density at radius 2 is 1.71 bits per heavy atom. The standard InChI is InChI=1S/C13H29NO2S/c1-6-12(4)10-17(15,16)13(5)9-14-8-7-11(2)3/h11-14H,6-10H2,1-5H3. The van der Waals surface area contributed by atoms with Gasteiger partial charge in [0.25, 0.3) is 0 Å². The van der Waals surface area contributed by atoms with Gasteiger partial charge in [0.15, 0.2) is 9.84 Å². The summed E-state index contributed by atoms with van der Waals surface area (Å²) in [5.74, 6) is 1.24. The molecule has 0 saturated carbocycles. The minimum absolute atomic E-state index is 0.262. The Morgan fingerprint density at radius 1 is 1.12 bits per heavy atom. The first-order valence-corrected chi connectivity index (χ1v) is 8.43. The zero-order valence-electron chi connectivity index (χ0n) is 12.0. The highest BCUT2D eigenvalue weighted by atomic mass is 32.2. The van der Waals surface area contributed by atoms with Gasteiger partial charge in [0, 0.05) is 6.54 Å². The Bertz CT molecular complexity index is 286. The van der Waals surface area contributed by atoms with Crippen LogP contribution in [-0.4, -0.2) is 32.5 Å². The second kappa shape index (κ2) is 8.09. The maximum atomic E-state index is 12.0. The SMILES string of the molecule is CCC(C)CS(=O)(=O)C(C)CNCCC(C)C. The van der Waals surface area contributed by atoms with Crippen molar-refractivity contribution in [3.05, 3.63) is 0 Å². The largest absolute Gasteiger partial charge is 0.315 e. The van der Waals surface area contributed by atoms with Crippen LogP contribution in [0.5, 0.6) is 0 Å². The van der Waals surface area contributed by atoms with Crippen molar-refractivity contribution in [1.82, 2.24) is 5.32 Å². The number of sulfone groups is 1. The summed E-state index contributed by atoms with van der Waals surface area (Å²) < 4.78 is 24.0. The predicted octanol–water partition coefficient (Wildman–Crippen LogP) is 2.47. The number of hydrogen-bond acceptors (Lipinski definition) is 3. The molecule has 2 atom stereocenters. The van der Waals surface area contributed by atoms with Gasteiger partial charge in [-0.25, -0.2) is 8.42 Å². The molecule has 17 heavy (non-hydrogen) atoms. The smallest absolute Gasteiger partial charge is 0.154 e. The lowest BCUT2D eigenvalue weighted by Gasteiger charge is -2.16. The van der Waals surface area contributed by atoms with Crippen LogP contribution < -0.4 is 5.32 Å². The maximum absolute atomic E-state index is 12.0. The van der Waals surface area contributed by atoms with E-state index in [1.54, 1.807) is 6.92 Å². The van der Waals surface area contributed by atoms with Crippen molar-refractivity contribution in [1.29, 1.82) is 0 Å². The summed E-state index contributed by atoms with van der Waals surface area (Å²) in [6, 6.07) is 0. The van der Waals surface area contributed by atoms with Crippen LogP contribution >= 0.6 is 0 Å². The molecule has 0 amide bonds. The second-order valence-corrected chi connectivity index (χ2v) is 8.00. The van der Waals surface area contributed by atoms with Gasteiger partial charge in [0.05, 0.1) is 11.0 Å². The molecular formula is C13H29NO2S. The van der Waals surface area contributed by atoms with Crippen LogP contribution in [0.3, 0.4) is 0 Å². The number of rotatable bonds is 9. The van der Waals surface area contributed by atoms with E-state index in [1.165, 1.54) is 0 Å². The lowest BCUT2D eigenvalue weighted by atomic mass is 10.1. The number of hydrogen-bond donors (Lipinski definition) is 1. The molecule has 0 aromatic carbocycles. The Labute approximate surface area is 107 Å². The fraction of sp³-hybridized carbons (Fsp3) is 1.00. The molecule has 0 bridgehead atoms. The lowest BCUT2D eigenvalue weighted by Crippen LogP contribution is -2.34. The molecule has 0 fully saturated rings. The fourth-order valence-corrected chi connectivity index (χ4v) is 3.23. The van der Waals surface area contributed by atoms with Gasteiger partial charge < -0.3 is 5.32 Å². The molecule has 0 aromatic rings. The number of nitrogens with one attached hydrogen (secondary N) is 1. The van der Waals surface area contributed by atoms with Gasteiger partial charge >= 0.3 is 0 Å². The van der Waals surface area contributed by atoms with E-state index in [1.807, 2.05) is 13.8 Å². The average Bonchev–Trinajstić information content (AvgIpc) is 2.22. The van der Waals surface area contributed by atoms with E-state index in [-0.39, 0.29) is 11.2 Å². The third-order valence-electron chi connectivity index (χ3n) is 3.16. The monoisotopic (exact) mass is 263 g/mol. The van der Waals surface area contributed by atoms with Crippen molar-refractivity contribution < 1.29 is 8.42 Å². The summed E-state index contributed by atoms with van der Waals surface area (Å²) in [5.41, 5.74) is 0. The molecule has 0 saturated heterocycles. The first-order chi connectivity index (χ1) is 7.79. The third-order valence-corrected chi connectivity index (χ3v) is 5.58. The maximum Gasteiger partial charge on any atom is 0.154 e. The van der Waals surface area contributed by atoms with Crippen LogP contribution in [0.1, 0.15) is 47.5 Å². The van der Waals surface area contributed by atoms with Crippen LogP contribution in [0.15, 0.2) is 0 Å². The highest BCUT2D eigenvalue weighted by molar-refractivity contribution is 7.92. The summed E-state index contributed by atoms with van der Waals surface area (Å²) in [5, 5.41) is 2.96. The van der Waals surface area contributed by atoms with Gasteiger partial charge in [-0.3, -0.25) is 0 Å². The highest BCUT2D eigenvalue weighted by Crippen LogP contribution is 2.10. The molecule has 0 aliphatic heterocycles. The van der Waals surface area contributed by atoms with E-state index in [9.17, 15) is 8.42 Å². The predicted molar refractivity (Wildman–Crippen MR) is 75.0 cm³/mol. The van der Waals surface area contributed by atoms with Crippen LogP contribution in [0.25, 0.3) is 0 Å². The van der Waals surface area contributed by atoms with Crippen molar-refractivity contribution in [2.75, 3.05) is 18.8 Å². The van der Waals surface area contributed by atoms with Crippen molar-refractivity contribution >= 4 is 9.84 Å². The molecule has 0 aliphatic rings. The zero-order valence-corrected chi connectivity index (χ0v) is 12.8. The van der Waals surface area contributed by atoms with Crippen LogP contribution in [0.2, 0.25) is 0 Å². The molecule has 2 unspecified atom stereocenters. The zero-order chi connectivity index (χ0) is 13.5. The van der Waals surface area contributed by atoms with E-state index in [0.29, 0.717) is 18.2 Å². The summed E-state index contributed by atoms with van der Waals surface area (Å²) in [7, 11) is -2.93. The van der Waals surface area contributed by atoms with E-state index in [4.69, 9.17) is 0 Å². The molecule has 0 heterocycles. The summed E-state index contributed by atoms with van der Waals surface area (Å²) in [6.07, 6.45) is 2.02. The Hall–Kier alpha value is -0.0900.